The number of methoxy groups -OCH3 is 1. The molecule has 0 aromatic heterocycles. The van der Waals surface area contributed by atoms with Crippen molar-refractivity contribution in [1.29, 1.82) is 0 Å². The number of nitrogens with one attached hydrogen (secondary N) is 1. The molecule has 4 rings (SSSR count). The lowest BCUT2D eigenvalue weighted by Crippen LogP contribution is -2.31. The molecule has 0 saturated carbocycles. The summed E-state index contributed by atoms with van der Waals surface area (Å²) in [5, 5.41) is 2.96. The van der Waals surface area contributed by atoms with E-state index in [1.165, 1.54) is 0 Å². The molecule has 2 aliphatic heterocycles. The minimum atomic E-state index is -0.124. The Morgan fingerprint density at radius 2 is 2.04 bits per heavy atom. The van der Waals surface area contributed by atoms with E-state index in [1.807, 2.05) is 41.3 Å². The van der Waals surface area contributed by atoms with E-state index in [1.54, 1.807) is 7.11 Å². The first-order chi connectivity index (χ1) is 12.2. The van der Waals surface area contributed by atoms with Crippen LogP contribution < -0.4 is 15.0 Å². The minimum Gasteiger partial charge on any atom is -0.496 e. The second-order valence-corrected chi connectivity index (χ2v) is 6.46. The quantitative estimate of drug-likeness (QED) is 0.933. The van der Waals surface area contributed by atoms with Crippen molar-refractivity contribution < 1.29 is 14.3 Å². The molecule has 5 nitrogen and oxygen atoms in total. The third-order valence-electron chi connectivity index (χ3n) is 4.90. The van der Waals surface area contributed by atoms with Gasteiger partial charge in [0.1, 0.15) is 5.75 Å². The highest BCUT2D eigenvalue weighted by Gasteiger charge is 2.32. The molecule has 0 aliphatic carbocycles. The number of para-hydroxylation sites is 1. The van der Waals surface area contributed by atoms with Gasteiger partial charge in [0.15, 0.2) is 0 Å². The van der Waals surface area contributed by atoms with Gasteiger partial charge in [0, 0.05) is 24.2 Å². The van der Waals surface area contributed by atoms with Gasteiger partial charge in [-0.05, 0) is 42.2 Å². The lowest BCUT2D eigenvalue weighted by molar-refractivity contribution is -0.117. The van der Waals surface area contributed by atoms with Crippen LogP contribution >= 0.6 is 0 Å². The lowest BCUT2D eigenvalue weighted by Gasteiger charge is -2.25. The van der Waals surface area contributed by atoms with Crippen LogP contribution in [0.2, 0.25) is 0 Å². The molecule has 0 saturated heterocycles. The highest BCUT2D eigenvalue weighted by molar-refractivity contribution is 6.04. The van der Waals surface area contributed by atoms with E-state index in [-0.39, 0.29) is 11.8 Å². The fourth-order valence-corrected chi connectivity index (χ4v) is 3.74. The molecule has 0 fully saturated rings. The predicted octanol–water partition coefficient (Wildman–Crippen LogP) is 2.46. The number of anilines is 1. The number of carbonyl (C=O) groups excluding carboxylic acids is 2. The molecular formula is C20H20N2O3. The number of hydrogen-bond donors (Lipinski definition) is 1. The van der Waals surface area contributed by atoms with Crippen molar-refractivity contribution in [3.8, 4) is 5.75 Å². The average Bonchev–Trinajstić information content (AvgIpc) is 2.97. The van der Waals surface area contributed by atoms with Crippen molar-refractivity contribution in [2.75, 3.05) is 18.6 Å². The normalized spacial score (nSPS) is 15.1. The summed E-state index contributed by atoms with van der Waals surface area (Å²) < 4.78 is 5.32. The molecule has 0 spiro atoms. The van der Waals surface area contributed by atoms with Gasteiger partial charge in [-0.15, -0.1) is 0 Å². The maximum atomic E-state index is 12.6. The third-order valence-corrected chi connectivity index (χ3v) is 4.90. The Hall–Kier alpha value is -2.82. The standard InChI is InChI=1S/C20H20N2O3/c1-25-17-7-3-2-5-14(17)12-21-20(24)16-9-13-6-4-8-22-18(23)11-15(10-16)19(13)22/h2-3,5,7,9-10H,4,6,8,11-12H2,1H3,(H,21,24). The van der Waals surface area contributed by atoms with E-state index < -0.39 is 0 Å². The van der Waals surface area contributed by atoms with E-state index in [0.717, 1.165) is 47.5 Å². The summed E-state index contributed by atoms with van der Waals surface area (Å²) in [5.74, 6) is 0.775. The number of carbonyl (C=O) groups is 2. The van der Waals surface area contributed by atoms with E-state index >= 15 is 0 Å². The summed E-state index contributed by atoms with van der Waals surface area (Å²) >= 11 is 0. The van der Waals surface area contributed by atoms with Crippen LogP contribution in [0.5, 0.6) is 5.75 Å². The Bertz CT molecular complexity index is 860. The molecule has 2 aliphatic rings. The molecule has 0 bridgehead atoms. The zero-order valence-corrected chi connectivity index (χ0v) is 14.2. The highest BCUT2D eigenvalue weighted by Crippen LogP contribution is 2.37. The largest absolute Gasteiger partial charge is 0.496 e. The van der Waals surface area contributed by atoms with Gasteiger partial charge in [-0.3, -0.25) is 9.59 Å². The molecule has 25 heavy (non-hydrogen) atoms. The van der Waals surface area contributed by atoms with Crippen LogP contribution in [0.15, 0.2) is 36.4 Å². The molecule has 0 atom stereocenters. The van der Waals surface area contributed by atoms with Crippen LogP contribution in [0.25, 0.3) is 0 Å². The zero-order valence-electron chi connectivity index (χ0n) is 14.2. The Balaban J connectivity index is 1.56. The summed E-state index contributed by atoms with van der Waals surface area (Å²) in [6, 6.07) is 11.4. The van der Waals surface area contributed by atoms with E-state index in [9.17, 15) is 9.59 Å². The monoisotopic (exact) mass is 336 g/mol. The molecule has 2 aromatic rings. The van der Waals surface area contributed by atoms with Crippen LogP contribution in [-0.4, -0.2) is 25.5 Å². The van der Waals surface area contributed by atoms with Crippen molar-refractivity contribution in [1.82, 2.24) is 5.32 Å². The molecule has 2 heterocycles. The first kappa shape index (κ1) is 15.7. The maximum Gasteiger partial charge on any atom is 0.251 e. The second kappa shape index (κ2) is 6.24. The number of nitrogens with zero attached hydrogens (tertiary/aromatic N) is 1. The fourth-order valence-electron chi connectivity index (χ4n) is 3.74. The van der Waals surface area contributed by atoms with Crippen molar-refractivity contribution in [2.45, 2.75) is 25.8 Å². The van der Waals surface area contributed by atoms with Gasteiger partial charge in [0.2, 0.25) is 5.91 Å². The summed E-state index contributed by atoms with van der Waals surface area (Å²) in [7, 11) is 1.62. The molecule has 2 amide bonds. The first-order valence-electron chi connectivity index (χ1n) is 8.53. The van der Waals surface area contributed by atoms with Crippen LogP contribution in [0, 0.1) is 0 Å². The van der Waals surface area contributed by atoms with Gasteiger partial charge in [0.05, 0.1) is 19.2 Å². The number of rotatable bonds is 4. The maximum absolute atomic E-state index is 12.6. The van der Waals surface area contributed by atoms with Crippen LogP contribution in [0.4, 0.5) is 5.69 Å². The van der Waals surface area contributed by atoms with Crippen molar-refractivity contribution in [3.05, 3.63) is 58.7 Å². The number of aryl methyl sites for hydroxylation is 1. The molecular weight excluding hydrogens is 316 g/mol. The number of hydrogen-bond acceptors (Lipinski definition) is 3. The minimum absolute atomic E-state index is 0.124. The molecule has 0 unspecified atom stereocenters. The number of amides is 2. The summed E-state index contributed by atoms with van der Waals surface area (Å²) in [6.45, 7) is 1.19. The van der Waals surface area contributed by atoms with Crippen molar-refractivity contribution >= 4 is 17.5 Å². The molecule has 0 radical (unpaired) electrons. The Morgan fingerprint density at radius 3 is 2.88 bits per heavy atom. The van der Waals surface area contributed by atoms with Gasteiger partial charge in [0.25, 0.3) is 5.91 Å². The van der Waals surface area contributed by atoms with Gasteiger partial charge in [-0.2, -0.15) is 0 Å². The fraction of sp³-hybridized carbons (Fsp3) is 0.300. The second-order valence-electron chi connectivity index (χ2n) is 6.46. The van der Waals surface area contributed by atoms with Crippen LogP contribution in [0.1, 0.15) is 33.5 Å². The van der Waals surface area contributed by atoms with Gasteiger partial charge in [-0.1, -0.05) is 18.2 Å². The van der Waals surface area contributed by atoms with Crippen LogP contribution in [-0.2, 0) is 24.2 Å². The summed E-state index contributed by atoms with van der Waals surface area (Å²) in [6.07, 6.45) is 2.26. The Kier molecular flexibility index (Phi) is 3.92. The summed E-state index contributed by atoms with van der Waals surface area (Å²) in [5.41, 5.74) is 4.68. The average molecular weight is 336 g/mol. The number of ether oxygens (including phenoxy) is 1. The SMILES string of the molecule is COc1ccccc1CNC(=O)c1cc2c3c(c1)CC(=O)N3CCC2. The molecule has 1 N–H and O–H groups in total. The molecule has 5 heteroatoms. The van der Waals surface area contributed by atoms with Gasteiger partial charge in [-0.25, -0.2) is 0 Å². The van der Waals surface area contributed by atoms with Gasteiger partial charge >= 0.3 is 0 Å². The van der Waals surface area contributed by atoms with Crippen molar-refractivity contribution in [3.63, 3.8) is 0 Å². The van der Waals surface area contributed by atoms with E-state index in [2.05, 4.69) is 5.32 Å². The zero-order chi connectivity index (χ0) is 17.4. The topological polar surface area (TPSA) is 58.6 Å². The first-order valence-corrected chi connectivity index (χ1v) is 8.53. The van der Waals surface area contributed by atoms with Crippen LogP contribution in [0.3, 0.4) is 0 Å². The summed E-state index contributed by atoms with van der Waals surface area (Å²) in [4.78, 5) is 26.6. The third kappa shape index (κ3) is 2.76. The van der Waals surface area contributed by atoms with Gasteiger partial charge < -0.3 is 15.0 Å². The molecule has 2 aromatic carbocycles. The Morgan fingerprint density at radius 1 is 1.24 bits per heavy atom. The van der Waals surface area contributed by atoms with E-state index in [4.69, 9.17) is 4.74 Å². The molecule has 128 valence electrons. The predicted molar refractivity (Wildman–Crippen MR) is 95.0 cm³/mol. The van der Waals surface area contributed by atoms with E-state index in [0.29, 0.717) is 18.5 Å². The lowest BCUT2D eigenvalue weighted by atomic mass is 9.96. The highest BCUT2D eigenvalue weighted by atomic mass is 16.5. The smallest absolute Gasteiger partial charge is 0.251 e. The van der Waals surface area contributed by atoms with Crippen molar-refractivity contribution in [2.24, 2.45) is 0 Å². The number of benzene rings is 2. The Labute approximate surface area is 146 Å².